The summed E-state index contributed by atoms with van der Waals surface area (Å²) >= 11 is 0. The summed E-state index contributed by atoms with van der Waals surface area (Å²) in [5.41, 5.74) is 8.45. The van der Waals surface area contributed by atoms with Crippen molar-refractivity contribution in [2.24, 2.45) is 5.73 Å². The van der Waals surface area contributed by atoms with Crippen molar-refractivity contribution in [1.82, 2.24) is 0 Å². The molecule has 0 bridgehead atoms. The minimum Gasteiger partial charge on any atom is -0.507 e. The number of carbonyl (C=O) groups excluding carboxylic acids is 1. The molecule has 1 unspecified atom stereocenters. The van der Waals surface area contributed by atoms with E-state index >= 15 is 0 Å². The summed E-state index contributed by atoms with van der Waals surface area (Å²) < 4.78 is 4.87. The summed E-state index contributed by atoms with van der Waals surface area (Å²) in [5, 5.41) is 10.1. The number of rotatable bonds is 3. The second kappa shape index (κ2) is 4.75. The summed E-state index contributed by atoms with van der Waals surface area (Å²) in [5.74, 6) is -0.103. The zero-order chi connectivity index (χ0) is 12.4. The number of phenolic OH excluding ortho intramolecular Hbond substituents is 1. The highest BCUT2D eigenvalue weighted by Crippen LogP contribution is 2.32. The highest BCUT2D eigenvalue weighted by atomic mass is 16.5. The van der Waals surface area contributed by atoms with E-state index in [1.807, 2.05) is 6.07 Å². The van der Waals surface area contributed by atoms with Crippen molar-refractivity contribution >= 4 is 5.97 Å². The topological polar surface area (TPSA) is 72.5 Å². The number of aromatic hydroxyl groups is 1. The van der Waals surface area contributed by atoms with Crippen molar-refractivity contribution in [1.29, 1.82) is 0 Å². The summed E-state index contributed by atoms with van der Waals surface area (Å²) in [6.45, 7) is 2.12. The fraction of sp³-hybridized carbons (Fsp3) is 0.462. The molecule has 0 fully saturated rings. The minimum absolute atomic E-state index is 0.0775. The Bertz CT molecular complexity index is 443. The first kappa shape index (κ1) is 11.9. The van der Waals surface area contributed by atoms with E-state index in [2.05, 4.69) is 0 Å². The number of phenols is 1. The van der Waals surface area contributed by atoms with Crippen LogP contribution < -0.4 is 5.73 Å². The number of ether oxygens (including phenoxy) is 1. The van der Waals surface area contributed by atoms with E-state index < -0.39 is 0 Å². The van der Waals surface area contributed by atoms with E-state index in [1.54, 1.807) is 13.0 Å². The van der Waals surface area contributed by atoms with E-state index in [4.69, 9.17) is 10.5 Å². The third-order valence-corrected chi connectivity index (χ3v) is 3.05. The maximum atomic E-state index is 11.4. The highest BCUT2D eigenvalue weighted by molar-refractivity contribution is 5.74. The maximum Gasteiger partial charge on any atom is 0.310 e. The Morgan fingerprint density at radius 3 is 3.00 bits per heavy atom. The molecule has 4 heteroatoms. The molecule has 0 saturated heterocycles. The van der Waals surface area contributed by atoms with Crippen molar-refractivity contribution in [3.8, 4) is 5.75 Å². The third kappa shape index (κ3) is 2.42. The second-order valence-electron chi connectivity index (χ2n) is 4.36. The SMILES string of the molecule is CCOC(=O)Cc1ccc2c(c1O)CC(N)C2. The van der Waals surface area contributed by atoms with Gasteiger partial charge in [-0.3, -0.25) is 4.79 Å². The molecule has 1 aliphatic rings. The fourth-order valence-corrected chi connectivity index (χ4v) is 2.27. The van der Waals surface area contributed by atoms with Gasteiger partial charge in [-0.25, -0.2) is 0 Å². The van der Waals surface area contributed by atoms with Gasteiger partial charge in [-0.1, -0.05) is 12.1 Å². The van der Waals surface area contributed by atoms with Crippen LogP contribution in [0.15, 0.2) is 12.1 Å². The molecular formula is C13H17NO3. The Morgan fingerprint density at radius 2 is 2.29 bits per heavy atom. The molecule has 1 aromatic rings. The Kier molecular flexibility index (Phi) is 3.33. The summed E-state index contributed by atoms with van der Waals surface area (Å²) in [6.07, 6.45) is 1.59. The van der Waals surface area contributed by atoms with Gasteiger partial charge in [-0.05, 0) is 30.9 Å². The van der Waals surface area contributed by atoms with Crippen molar-refractivity contribution < 1.29 is 14.6 Å². The van der Waals surface area contributed by atoms with Crippen LogP contribution in [-0.4, -0.2) is 23.7 Å². The quantitative estimate of drug-likeness (QED) is 0.764. The van der Waals surface area contributed by atoms with Crippen LogP contribution in [0, 0.1) is 0 Å². The fourth-order valence-electron chi connectivity index (χ4n) is 2.27. The first-order valence-electron chi connectivity index (χ1n) is 5.85. The lowest BCUT2D eigenvalue weighted by molar-refractivity contribution is -0.142. The second-order valence-corrected chi connectivity index (χ2v) is 4.36. The highest BCUT2D eigenvalue weighted by Gasteiger charge is 2.23. The molecule has 2 rings (SSSR count). The average Bonchev–Trinajstić information content (AvgIpc) is 2.64. The van der Waals surface area contributed by atoms with E-state index in [0.29, 0.717) is 18.6 Å². The molecule has 3 N–H and O–H groups in total. The van der Waals surface area contributed by atoms with Crippen molar-refractivity contribution in [2.45, 2.75) is 32.2 Å². The van der Waals surface area contributed by atoms with Gasteiger partial charge in [0.1, 0.15) is 5.75 Å². The number of hydrogen-bond donors (Lipinski definition) is 2. The monoisotopic (exact) mass is 235 g/mol. The van der Waals surface area contributed by atoms with Crippen LogP contribution in [0.4, 0.5) is 0 Å². The van der Waals surface area contributed by atoms with Gasteiger partial charge in [-0.15, -0.1) is 0 Å². The number of hydrogen-bond acceptors (Lipinski definition) is 4. The summed E-state index contributed by atoms with van der Waals surface area (Å²) in [6, 6.07) is 3.80. The summed E-state index contributed by atoms with van der Waals surface area (Å²) in [4.78, 5) is 11.4. The third-order valence-electron chi connectivity index (χ3n) is 3.05. The molecule has 0 heterocycles. The van der Waals surface area contributed by atoms with Gasteiger partial charge in [0.2, 0.25) is 0 Å². The molecule has 4 nitrogen and oxygen atoms in total. The van der Waals surface area contributed by atoms with Gasteiger partial charge < -0.3 is 15.6 Å². The van der Waals surface area contributed by atoms with Crippen molar-refractivity contribution in [3.63, 3.8) is 0 Å². The van der Waals surface area contributed by atoms with E-state index in [0.717, 1.165) is 17.5 Å². The van der Waals surface area contributed by atoms with Gasteiger partial charge in [0.05, 0.1) is 13.0 Å². The smallest absolute Gasteiger partial charge is 0.310 e. The van der Waals surface area contributed by atoms with Crippen molar-refractivity contribution in [3.05, 3.63) is 28.8 Å². The molecule has 1 atom stereocenters. The maximum absolute atomic E-state index is 11.4. The van der Waals surface area contributed by atoms with Crippen LogP contribution in [0.1, 0.15) is 23.6 Å². The molecule has 0 spiro atoms. The largest absolute Gasteiger partial charge is 0.507 e. The Hall–Kier alpha value is -1.55. The molecule has 0 aliphatic heterocycles. The van der Waals surface area contributed by atoms with Crippen LogP contribution in [-0.2, 0) is 28.8 Å². The predicted molar refractivity (Wildman–Crippen MR) is 63.8 cm³/mol. The van der Waals surface area contributed by atoms with Gasteiger partial charge in [0.25, 0.3) is 0 Å². The van der Waals surface area contributed by atoms with Crippen LogP contribution in [0.25, 0.3) is 0 Å². The zero-order valence-electron chi connectivity index (χ0n) is 9.90. The average molecular weight is 235 g/mol. The zero-order valence-corrected chi connectivity index (χ0v) is 9.90. The van der Waals surface area contributed by atoms with Crippen LogP contribution >= 0.6 is 0 Å². The first-order valence-corrected chi connectivity index (χ1v) is 5.85. The first-order chi connectivity index (χ1) is 8.11. The molecule has 0 saturated carbocycles. The Labute approximate surface area is 100 Å². The van der Waals surface area contributed by atoms with E-state index in [-0.39, 0.29) is 24.2 Å². The lowest BCUT2D eigenvalue weighted by Gasteiger charge is -2.08. The van der Waals surface area contributed by atoms with Crippen LogP contribution in [0.5, 0.6) is 5.75 Å². The molecule has 92 valence electrons. The number of esters is 1. The summed E-state index contributed by atoms with van der Waals surface area (Å²) in [7, 11) is 0. The molecule has 17 heavy (non-hydrogen) atoms. The van der Waals surface area contributed by atoms with Gasteiger partial charge in [0, 0.05) is 11.6 Å². The number of fused-ring (bicyclic) bond motifs is 1. The standard InChI is InChI=1S/C13H17NO3/c1-2-17-12(15)6-9-4-3-8-5-10(14)7-11(8)13(9)16/h3-4,10,16H,2,5-7,14H2,1H3. The minimum atomic E-state index is -0.315. The molecular weight excluding hydrogens is 218 g/mol. The van der Waals surface area contributed by atoms with Gasteiger partial charge >= 0.3 is 5.97 Å². The predicted octanol–water partition coefficient (Wildman–Crippen LogP) is 0.924. The van der Waals surface area contributed by atoms with E-state index in [1.165, 1.54) is 0 Å². The molecule has 1 aromatic carbocycles. The number of carbonyl (C=O) groups is 1. The molecule has 0 radical (unpaired) electrons. The van der Waals surface area contributed by atoms with Gasteiger partial charge in [0.15, 0.2) is 0 Å². The van der Waals surface area contributed by atoms with Crippen LogP contribution in [0.3, 0.4) is 0 Å². The molecule has 1 aliphatic carbocycles. The molecule has 0 amide bonds. The number of nitrogens with two attached hydrogens (primary N) is 1. The number of benzene rings is 1. The van der Waals surface area contributed by atoms with Gasteiger partial charge in [-0.2, -0.15) is 0 Å². The lowest BCUT2D eigenvalue weighted by atomic mass is 10.0. The van der Waals surface area contributed by atoms with Crippen LogP contribution in [0.2, 0.25) is 0 Å². The van der Waals surface area contributed by atoms with E-state index in [9.17, 15) is 9.90 Å². The lowest BCUT2D eigenvalue weighted by Crippen LogP contribution is -2.19. The molecule has 0 aromatic heterocycles. The Balaban J connectivity index is 2.21. The van der Waals surface area contributed by atoms with Crippen molar-refractivity contribution in [2.75, 3.05) is 6.61 Å². The Morgan fingerprint density at radius 1 is 1.53 bits per heavy atom. The normalized spacial score (nSPS) is 17.9.